The molecule has 1 aromatic carbocycles. The highest BCUT2D eigenvalue weighted by Crippen LogP contribution is 2.23. The summed E-state index contributed by atoms with van der Waals surface area (Å²) in [7, 11) is 0. The maximum atomic E-state index is 11.6. The van der Waals surface area contributed by atoms with Gasteiger partial charge in [-0.15, -0.1) is 12.4 Å². The highest BCUT2D eigenvalue weighted by molar-refractivity contribution is 6.42. The van der Waals surface area contributed by atoms with Gasteiger partial charge in [0.15, 0.2) is 0 Å². The fourth-order valence-electron chi connectivity index (χ4n) is 1.63. The molecule has 20 heavy (non-hydrogen) atoms. The quantitative estimate of drug-likeness (QED) is 0.712. The summed E-state index contributed by atoms with van der Waals surface area (Å²) in [6, 6.07) is 5.45. The Morgan fingerprint density at radius 3 is 2.55 bits per heavy atom. The molecule has 0 saturated heterocycles. The van der Waals surface area contributed by atoms with Gasteiger partial charge < -0.3 is 10.6 Å². The molecule has 0 saturated carbocycles. The first kappa shape index (κ1) is 19.5. The number of hydrogen-bond acceptors (Lipinski definition) is 2. The normalized spacial score (nSPS) is 9.95. The Bertz CT molecular complexity index is 413. The third kappa shape index (κ3) is 7.95. The van der Waals surface area contributed by atoms with Gasteiger partial charge in [-0.3, -0.25) is 4.79 Å². The molecule has 114 valence electrons. The Hall–Kier alpha value is -0.480. The SMILES string of the molecule is CCCNCCNC(=O)CCc1ccc(Cl)c(Cl)c1.Cl. The number of halogens is 3. The average molecular weight is 340 g/mol. The van der Waals surface area contributed by atoms with Crippen molar-refractivity contribution in [1.82, 2.24) is 10.6 Å². The van der Waals surface area contributed by atoms with Gasteiger partial charge in [-0.1, -0.05) is 36.2 Å². The van der Waals surface area contributed by atoms with E-state index in [0.29, 0.717) is 29.4 Å². The minimum atomic E-state index is 0. The lowest BCUT2D eigenvalue weighted by Gasteiger charge is -2.06. The second-order valence-corrected chi connectivity index (χ2v) is 5.16. The molecule has 0 radical (unpaired) electrons. The van der Waals surface area contributed by atoms with Crippen molar-refractivity contribution in [3.63, 3.8) is 0 Å². The monoisotopic (exact) mass is 338 g/mol. The summed E-state index contributed by atoms with van der Waals surface area (Å²) in [5.41, 5.74) is 1.02. The second kappa shape index (κ2) is 11.2. The van der Waals surface area contributed by atoms with Gasteiger partial charge in [0.25, 0.3) is 0 Å². The van der Waals surface area contributed by atoms with E-state index in [2.05, 4.69) is 17.6 Å². The van der Waals surface area contributed by atoms with E-state index in [0.717, 1.165) is 25.1 Å². The van der Waals surface area contributed by atoms with Gasteiger partial charge in [-0.25, -0.2) is 0 Å². The summed E-state index contributed by atoms with van der Waals surface area (Å²) >= 11 is 11.8. The van der Waals surface area contributed by atoms with Gasteiger partial charge in [0.05, 0.1) is 10.0 Å². The Morgan fingerprint density at radius 1 is 1.15 bits per heavy atom. The Kier molecular flexibility index (Phi) is 10.9. The molecule has 1 amide bonds. The van der Waals surface area contributed by atoms with E-state index in [1.54, 1.807) is 12.1 Å². The first-order chi connectivity index (χ1) is 9.13. The van der Waals surface area contributed by atoms with Crippen LogP contribution in [0.1, 0.15) is 25.3 Å². The average Bonchev–Trinajstić information content (AvgIpc) is 2.40. The molecule has 0 atom stereocenters. The van der Waals surface area contributed by atoms with E-state index in [-0.39, 0.29) is 18.3 Å². The van der Waals surface area contributed by atoms with Crippen LogP contribution in [0.4, 0.5) is 0 Å². The number of hydrogen-bond donors (Lipinski definition) is 2. The van der Waals surface area contributed by atoms with Crippen LogP contribution in [-0.2, 0) is 11.2 Å². The topological polar surface area (TPSA) is 41.1 Å². The van der Waals surface area contributed by atoms with Crippen LogP contribution in [0, 0.1) is 0 Å². The fraction of sp³-hybridized carbons (Fsp3) is 0.500. The minimum Gasteiger partial charge on any atom is -0.355 e. The van der Waals surface area contributed by atoms with E-state index in [1.807, 2.05) is 6.07 Å². The zero-order valence-electron chi connectivity index (χ0n) is 11.5. The standard InChI is InChI=1S/C14H20Cl2N2O.ClH/c1-2-7-17-8-9-18-14(19)6-4-11-3-5-12(15)13(16)10-11;/h3,5,10,17H,2,4,6-9H2,1H3,(H,18,19);1H. The van der Waals surface area contributed by atoms with Crippen molar-refractivity contribution >= 4 is 41.5 Å². The zero-order chi connectivity index (χ0) is 14.1. The van der Waals surface area contributed by atoms with E-state index in [1.165, 1.54) is 0 Å². The van der Waals surface area contributed by atoms with Crippen LogP contribution in [0.15, 0.2) is 18.2 Å². The summed E-state index contributed by atoms with van der Waals surface area (Å²) in [5.74, 6) is 0.0596. The van der Waals surface area contributed by atoms with E-state index in [9.17, 15) is 4.79 Å². The second-order valence-electron chi connectivity index (χ2n) is 4.35. The molecule has 0 aliphatic carbocycles. The van der Waals surface area contributed by atoms with Gasteiger partial charge >= 0.3 is 0 Å². The van der Waals surface area contributed by atoms with Crippen molar-refractivity contribution in [2.45, 2.75) is 26.2 Å². The van der Waals surface area contributed by atoms with Crippen molar-refractivity contribution in [2.75, 3.05) is 19.6 Å². The van der Waals surface area contributed by atoms with Crippen LogP contribution in [0.25, 0.3) is 0 Å². The molecule has 0 spiro atoms. The first-order valence-corrected chi connectivity index (χ1v) is 7.30. The third-order valence-corrected chi connectivity index (χ3v) is 3.41. The van der Waals surface area contributed by atoms with Crippen LogP contribution in [0.2, 0.25) is 10.0 Å². The number of rotatable bonds is 8. The number of carbonyl (C=O) groups excluding carboxylic acids is 1. The van der Waals surface area contributed by atoms with Gasteiger partial charge in [0.1, 0.15) is 0 Å². The molecule has 0 aliphatic rings. The fourth-order valence-corrected chi connectivity index (χ4v) is 1.95. The number of carbonyl (C=O) groups is 1. The first-order valence-electron chi connectivity index (χ1n) is 6.54. The van der Waals surface area contributed by atoms with Crippen molar-refractivity contribution in [3.8, 4) is 0 Å². The highest BCUT2D eigenvalue weighted by Gasteiger charge is 2.03. The molecule has 3 nitrogen and oxygen atoms in total. The minimum absolute atomic E-state index is 0. The van der Waals surface area contributed by atoms with Crippen LogP contribution in [0.5, 0.6) is 0 Å². The van der Waals surface area contributed by atoms with E-state index < -0.39 is 0 Å². The van der Waals surface area contributed by atoms with Crippen LogP contribution in [-0.4, -0.2) is 25.5 Å². The van der Waals surface area contributed by atoms with Gasteiger partial charge in [-0.2, -0.15) is 0 Å². The summed E-state index contributed by atoms with van der Waals surface area (Å²) < 4.78 is 0. The van der Waals surface area contributed by atoms with E-state index in [4.69, 9.17) is 23.2 Å². The molecule has 0 bridgehead atoms. The lowest BCUT2D eigenvalue weighted by atomic mass is 10.1. The molecule has 0 heterocycles. The predicted molar refractivity (Wildman–Crippen MR) is 88.2 cm³/mol. The van der Waals surface area contributed by atoms with E-state index >= 15 is 0 Å². The number of aryl methyl sites for hydroxylation is 1. The lowest BCUT2D eigenvalue weighted by Crippen LogP contribution is -2.32. The maximum Gasteiger partial charge on any atom is 0.220 e. The number of nitrogens with one attached hydrogen (secondary N) is 2. The largest absolute Gasteiger partial charge is 0.355 e. The van der Waals surface area contributed by atoms with Crippen LogP contribution >= 0.6 is 35.6 Å². The number of amides is 1. The van der Waals surface area contributed by atoms with Crippen LogP contribution in [0.3, 0.4) is 0 Å². The molecule has 2 N–H and O–H groups in total. The van der Waals surface area contributed by atoms with Gasteiger partial charge in [0, 0.05) is 19.5 Å². The Morgan fingerprint density at radius 2 is 1.90 bits per heavy atom. The highest BCUT2D eigenvalue weighted by atomic mass is 35.5. The van der Waals surface area contributed by atoms with Crippen molar-refractivity contribution < 1.29 is 4.79 Å². The molecule has 1 aromatic rings. The summed E-state index contributed by atoms with van der Waals surface area (Å²) in [6.07, 6.45) is 2.24. The van der Waals surface area contributed by atoms with Gasteiger partial charge in [-0.05, 0) is 37.1 Å². The van der Waals surface area contributed by atoms with Crippen molar-refractivity contribution in [3.05, 3.63) is 33.8 Å². The molecular weight excluding hydrogens is 319 g/mol. The molecule has 1 rings (SSSR count). The Balaban J connectivity index is 0.00000361. The van der Waals surface area contributed by atoms with Crippen molar-refractivity contribution in [2.24, 2.45) is 0 Å². The van der Waals surface area contributed by atoms with Gasteiger partial charge in [0.2, 0.25) is 5.91 Å². The molecule has 0 aromatic heterocycles. The summed E-state index contributed by atoms with van der Waals surface area (Å²) in [4.78, 5) is 11.6. The number of benzene rings is 1. The maximum absolute atomic E-state index is 11.6. The molecule has 0 unspecified atom stereocenters. The Labute approximate surface area is 136 Å². The molecule has 0 aliphatic heterocycles. The molecular formula is C14H21Cl3N2O. The van der Waals surface area contributed by atoms with Crippen molar-refractivity contribution in [1.29, 1.82) is 0 Å². The lowest BCUT2D eigenvalue weighted by molar-refractivity contribution is -0.121. The summed E-state index contributed by atoms with van der Waals surface area (Å²) in [5, 5.41) is 7.18. The molecule has 0 fully saturated rings. The van der Waals surface area contributed by atoms with Crippen LogP contribution < -0.4 is 10.6 Å². The predicted octanol–water partition coefficient (Wildman–Crippen LogP) is 3.46. The zero-order valence-corrected chi connectivity index (χ0v) is 13.9. The molecule has 6 heteroatoms. The smallest absolute Gasteiger partial charge is 0.220 e. The third-order valence-electron chi connectivity index (χ3n) is 2.68. The summed E-state index contributed by atoms with van der Waals surface area (Å²) in [6.45, 7) is 4.58.